The van der Waals surface area contributed by atoms with Gasteiger partial charge in [-0.25, -0.2) is 4.79 Å². The molecular weight excluding hydrogens is 406 g/mol. The normalized spacial score (nSPS) is 10.7. The Kier molecular flexibility index (Phi) is 7.31. The Morgan fingerprint density at radius 3 is 1.80 bits per heavy atom. The lowest BCUT2D eigenvalue weighted by Gasteiger charge is -2.24. The topological polar surface area (TPSA) is 200 Å². The van der Waals surface area contributed by atoms with Gasteiger partial charge in [-0.15, -0.1) is 0 Å². The summed E-state index contributed by atoms with van der Waals surface area (Å²) in [5, 5.41) is 46.3. The second-order valence-electron chi connectivity index (χ2n) is 6.87. The number of likely N-dealkylation sites (N-methyl/N-ethyl adjacent to an activating group) is 1. The Balaban J connectivity index is 0.000000325. The van der Waals surface area contributed by atoms with Crippen LogP contribution in [0, 0.1) is 20.2 Å². The number of nitrogens with zero attached hydrogens (tertiary/aromatic N) is 7. The number of carboxylic acids is 1. The number of aromatic carboxylic acids is 1. The van der Waals surface area contributed by atoms with Crippen LogP contribution in [-0.2, 0) is 14.1 Å². The molecule has 2 rings (SSSR count). The van der Waals surface area contributed by atoms with Crippen molar-refractivity contribution in [2.45, 2.75) is 19.4 Å². The molecule has 0 atom stereocenters. The molecule has 30 heavy (non-hydrogen) atoms. The number of amides is 1. The summed E-state index contributed by atoms with van der Waals surface area (Å²) in [6, 6.07) is 0. The van der Waals surface area contributed by atoms with Crippen molar-refractivity contribution in [3.63, 3.8) is 0 Å². The van der Waals surface area contributed by atoms with Gasteiger partial charge >= 0.3 is 17.3 Å². The molecule has 0 saturated carbocycles. The molecular formula is C15H21N7O8. The highest BCUT2D eigenvalue weighted by Gasteiger charge is 2.29. The second kappa shape index (κ2) is 9.08. The van der Waals surface area contributed by atoms with Crippen LogP contribution in [0.3, 0.4) is 0 Å². The molecule has 0 bridgehead atoms. The maximum absolute atomic E-state index is 12.0. The molecule has 2 heterocycles. The quantitative estimate of drug-likeness (QED) is 0.474. The molecule has 1 amide bonds. The zero-order valence-corrected chi connectivity index (χ0v) is 16.8. The highest BCUT2D eigenvalue weighted by molar-refractivity contribution is 5.96. The number of carboxylic acid groups (broad SMARTS) is 1. The van der Waals surface area contributed by atoms with Crippen LogP contribution in [0.2, 0.25) is 0 Å². The lowest BCUT2D eigenvalue weighted by atomic mass is 10.1. The van der Waals surface area contributed by atoms with E-state index in [1.165, 1.54) is 36.9 Å². The fourth-order valence-corrected chi connectivity index (χ4v) is 2.36. The number of aliphatic hydroxyl groups is 1. The molecule has 0 aromatic carbocycles. The minimum absolute atomic E-state index is 0.0551. The third kappa shape index (κ3) is 6.33. The maximum atomic E-state index is 12.0. The molecule has 0 unspecified atom stereocenters. The van der Waals surface area contributed by atoms with Crippen molar-refractivity contribution in [3.8, 4) is 0 Å². The SMILES string of the molecule is CN(CC(C)(C)O)C(=O)c1nn(C)cc1[N+](=O)[O-].Cn1cc([N+](=O)[O-])c(C(=O)O)n1. The Hall–Kier alpha value is -3.88. The van der Waals surface area contributed by atoms with Crippen LogP contribution in [0.5, 0.6) is 0 Å². The monoisotopic (exact) mass is 427 g/mol. The van der Waals surface area contributed by atoms with Gasteiger partial charge in [-0.05, 0) is 13.8 Å². The van der Waals surface area contributed by atoms with Crippen LogP contribution in [-0.4, -0.2) is 75.6 Å². The van der Waals surface area contributed by atoms with Crippen molar-refractivity contribution >= 4 is 23.3 Å². The van der Waals surface area contributed by atoms with Crippen LogP contribution >= 0.6 is 0 Å². The highest BCUT2D eigenvalue weighted by Crippen LogP contribution is 2.18. The average Bonchev–Trinajstić information content (AvgIpc) is 3.16. The van der Waals surface area contributed by atoms with Gasteiger partial charge in [0.05, 0.1) is 15.4 Å². The van der Waals surface area contributed by atoms with Gasteiger partial charge in [-0.3, -0.25) is 34.4 Å². The van der Waals surface area contributed by atoms with Crippen LogP contribution in [0.4, 0.5) is 11.4 Å². The first-order chi connectivity index (χ1) is 13.6. The molecule has 0 aliphatic carbocycles. The number of aryl methyl sites for hydroxylation is 2. The van der Waals surface area contributed by atoms with Crippen molar-refractivity contribution in [3.05, 3.63) is 44.0 Å². The van der Waals surface area contributed by atoms with Crippen molar-refractivity contribution in [2.24, 2.45) is 14.1 Å². The molecule has 0 aliphatic rings. The highest BCUT2D eigenvalue weighted by atomic mass is 16.6. The van der Waals surface area contributed by atoms with Crippen molar-refractivity contribution < 1.29 is 29.6 Å². The lowest BCUT2D eigenvalue weighted by Crippen LogP contribution is -2.40. The molecule has 15 nitrogen and oxygen atoms in total. The molecule has 2 aromatic heterocycles. The molecule has 0 spiro atoms. The van der Waals surface area contributed by atoms with E-state index in [1.54, 1.807) is 13.8 Å². The van der Waals surface area contributed by atoms with Crippen LogP contribution in [0.1, 0.15) is 34.8 Å². The average molecular weight is 427 g/mol. The van der Waals surface area contributed by atoms with Gasteiger partial charge < -0.3 is 15.1 Å². The van der Waals surface area contributed by atoms with E-state index in [2.05, 4.69) is 10.2 Å². The smallest absolute Gasteiger partial charge is 0.363 e. The van der Waals surface area contributed by atoms with E-state index in [1.807, 2.05) is 0 Å². The fourth-order valence-electron chi connectivity index (χ4n) is 2.36. The minimum atomic E-state index is -1.40. The molecule has 2 aromatic rings. The summed E-state index contributed by atoms with van der Waals surface area (Å²) in [5.41, 5.74) is -2.68. The van der Waals surface area contributed by atoms with Gasteiger partial charge in [0.1, 0.15) is 12.4 Å². The van der Waals surface area contributed by atoms with Gasteiger partial charge in [-0.1, -0.05) is 0 Å². The van der Waals surface area contributed by atoms with E-state index in [4.69, 9.17) is 5.11 Å². The number of nitro groups is 2. The van der Waals surface area contributed by atoms with Crippen LogP contribution in [0.15, 0.2) is 12.4 Å². The Bertz CT molecular complexity index is 941. The predicted molar refractivity (Wildman–Crippen MR) is 99.9 cm³/mol. The first-order valence-electron chi connectivity index (χ1n) is 8.21. The van der Waals surface area contributed by atoms with E-state index in [0.717, 1.165) is 10.9 Å². The van der Waals surface area contributed by atoms with E-state index < -0.39 is 38.7 Å². The lowest BCUT2D eigenvalue weighted by molar-refractivity contribution is -0.385. The van der Waals surface area contributed by atoms with E-state index in [9.17, 15) is 34.9 Å². The molecule has 2 N–H and O–H groups in total. The van der Waals surface area contributed by atoms with Crippen molar-refractivity contribution in [1.82, 2.24) is 24.5 Å². The zero-order valence-electron chi connectivity index (χ0n) is 16.8. The summed E-state index contributed by atoms with van der Waals surface area (Å²) in [5.74, 6) is -1.99. The third-order valence-corrected chi connectivity index (χ3v) is 3.39. The molecule has 15 heteroatoms. The molecule has 0 saturated heterocycles. The van der Waals surface area contributed by atoms with Crippen LogP contribution < -0.4 is 0 Å². The van der Waals surface area contributed by atoms with E-state index >= 15 is 0 Å². The van der Waals surface area contributed by atoms with Crippen molar-refractivity contribution in [2.75, 3.05) is 13.6 Å². The van der Waals surface area contributed by atoms with Gasteiger partial charge in [0.2, 0.25) is 11.4 Å². The van der Waals surface area contributed by atoms with E-state index in [-0.39, 0.29) is 17.9 Å². The first-order valence-corrected chi connectivity index (χ1v) is 8.21. The number of hydrogen-bond donors (Lipinski definition) is 2. The standard InChI is InChI=1S/C10H16N4O4.C5H5N3O4/c1-10(2,16)6-12(3)9(15)8-7(14(17)18)5-13(4)11-8;1-7-2-3(8(11)12)4(6-7)5(9)10/h5,16H,6H2,1-4H3;2H,1H3,(H,9,10). The Morgan fingerprint density at radius 1 is 1.07 bits per heavy atom. The second-order valence-corrected chi connectivity index (χ2v) is 6.87. The summed E-state index contributed by atoms with van der Waals surface area (Å²) in [6.07, 6.45) is 2.22. The number of rotatable bonds is 6. The molecule has 0 aliphatic heterocycles. The maximum Gasteiger partial charge on any atom is 0.363 e. The Morgan fingerprint density at radius 2 is 1.47 bits per heavy atom. The van der Waals surface area contributed by atoms with E-state index in [0.29, 0.717) is 0 Å². The molecule has 164 valence electrons. The number of hydrogen-bond acceptors (Lipinski definition) is 9. The predicted octanol–water partition coefficient (Wildman–Crippen LogP) is 0.198. The Labute approximate surface area is 169 Å². The summed E-state index contributed by atoms with van der Waals surface area (Å²) in [7, 11) is 4.37. The largest absolute Gasteiger partial charge is 0.476 e. The van der Waals surface area contributed by atoms with Crippen molar-refractivity contribution in [1.29, 1.82) is 0 Å². The van der Waals surface area contributed by atoms with Crippen LogP contribution in [0.25, 0.3) is 0 Å². The summed E-state index contributed by atoms with van der Waals surface area (Å²) in [6.45, 7) is 3.15. The minimum Gasteiger partial charge on any atom is -0.476 e. The summed E-state index contributed by atoms with van der Waals surface area (Å²) >= 11 is 0. The number of carbonyl (C=O) groups excluding carboxylic acids is 1. The van der Waals surface area contributed by atoms with Gasteiger partial charge in [0.25, 0.3) is 5.91 Å². The number of aromatic nitrogens is 4. The number of carbonyl (C=O) groups is 2. The molecule has 0 fully saturated rings. The summed E-state index contributed by atoms with van der Waals surface area (Å²) in [4.78, 5) is 43.1. The summed E-state index contributed by atoms with van der Waals surface area (Å²) < 4.78 is 2.30. The first kappa shape index (κ1) is 24.2. The molecule has 0 radical (unpaired) electrons. The van der Waals surface area contributed by atoms with Gasteiger partial charge in [-0.2, -0.15) is 10.2 Å². The third-order valence-electron chi connectivity index (χ3n) is 3.39. The zero-order chi connectivity index (χ0) is 23.4. The van der Waals surface area contributed by atoms with Gasteiger partial charge in [0.15, 0.2) is 0 Å². The fraction of sp³-hybridized carbons (Fsp3) is 0.467. The van der Waals surface area contributed by atoms with Gasteiger partial charge in [0, 0.05) is 27.7 Å².